The predicted molar refractivity (Wildman–Crippen MR) is 61.4 cm³/mol. The molecular weight excluding hydrogens is 250 g/mol. The summed E-state index contributed by atoms with van der Waals surface area (Å²) in [7, 11) is -0.496. The summed E-state index contributed by atoms with van der Waals surface area (Å²) in [5.74, 6) is -0.307. The molecule has 0 fully saturated rings. The molecule has 0 aliphatic carbocycles. The fourth-order valence-corrected chi connectivity index (χ4v) is 1.67. The van der Waals surface area contributed by atoms with E-state index in [1.54, 1.807) is 0 Å². The molecule has 1 rings (SSSR count). The maximum Gasteiger partial charge on any atom is 0.342 e. The summed E-state index contributed by atoms with van der Waals surface area (Å²) >= 11 is 0. The van der Waals surface area contributed by atoms with Gasteiger partial charge in [-0.05, 0) is 0 Å². The van der Waals surface area contributed by atoms with Gasteiger partial charge < -0.3 is 5.32 Å². The van der Waals surface area contributed by atoms with E-state index in [2.05, 4.69) is 10.4 Å². The minimum atomic E-state index is -3.33. The van der Waals surface area contributed by atoms with Gasteiger partial charge in [0.25, 0.3) is 5.56 Å². The molecule has 0 aliphatic heterocycles. The number of nitrogens with zero attached hydrogens (tertiary/aromatic N) is 2. The first-order valence-electron chi connectivity index (χ1n) is 4.66. The summed E-state index contributed by atoms with van der Waals surface area (Å²) in [5, 5.41) is 7.99. The van der Waals surface area contributed by atoms with Crippen LogP contribution in [0.5, 0.6) is 0 Å². The van der Waals surface area contributed by atoms with Crippen molar-refractivity contribution in [3.05, 3.63) is 20.8 Å². The first-order valence-corrected chi connectivity index (χ1v) is 6.27. The highest BCUT2D eigenvalue weighted by Crippen LogP contribution is 1.94. The summed E-state index contributed by atoms with van der Waals surface area (Å²) in [6, 6.07) is 0. The SMILES string of the molecule is CN(C)S(=O)(=O)CCNc1n[nH]c(=O)[nH]c1=O. The Kier molecular flexibility index (Phi) is 4.02. The van der Waals surface area contributed by atoms with Crippen LogP contribution < -0.4 is 16.6 Å². The Labute approximate surface area is 96.9 Å². The van der Waals surface area contributed by atoms with Gasteiger partial charge in [0.2, 0.25) is 15.8 Å². The fraction of sp³-hybridized carbons (Fsp3) is 0.571. The Morgan fingerprint density at radius 1 is 1.35 bits per heavy atom. The van der Waals surface area contributed by atoms with Crippen molar-refractivity contribution in [2.75, 3.05) is 31.7 Å². The fourth-order valence-electron chi connectivity index (χ4n) is 0.949. The number of hydrogen-bond donors (Lipinski definition) is 3. The van der Waals surface area contributed by atoms with Crippen molar-refractivity contribution in [2.45, 2.75) is 0 Å². The first-order chi connectivity index (χ1) is 7.83. The number of nitrogens with one attached hydrogen (secondary N) is 3. The van der Waals surface area contributed by atoms with E-state index in [0.29, 0.717) is 0 Å². The first kappa shape index (κ1) is 13.4. The van der Waals surface area contributed by atoms with Crippen molar-refractivity contribution in [3.8, 4) is 0 Å². The summed E-state index contributed by atoms with van der Waals surface area (Å²) in [4.78, 5) is 23.8. The molecule has 0 saturated carbocycles. The van der Waals surface area contributed by atoms with E-state index in [1.807, 2.05) is 10.1 Å². The summed E-state index contributed by atoms with van der Waals surface area (Å²) in [6.45, 7) is 0.0165. The molecule has 0 spiro atoms. The Bertz CT molecular complexity index is 587. The predicted octanol–water partition coefficient (Wildman–Crippen LogP) is -2.24. The van der Waals surface area contributed by atoms with Crippen molar-refractivity contribution in [1.82, 2.24) is 19.5 Å². The standard InChI is InChI=1S/C7H13N5O4S/c1-12(2)17(15,16)4-3-8-5-6(13)9-7(14)11-10-5/h3-4H2,1-2H3,(H,8,10)(H2,9,11,13,14). The molecule has 0 atom stereocenters. The van der Waals surface area contributed by atoms with Gasteiger partial charge in [0, 0.05) is 20.6 Å². The maximum atomic E-state index is 11.4. The lowest BCUT2D eigenvalue weighted by atomic mass is 10.6. The molecule has 96 valence electrons. The highest BCUT2D eigenvalue weighted by molar-refractivity contribution is 7.89. The van der Waals surface area contributed by atoms with Gasteiger partial charge in [-0.2, -0.15) is 0 Å². The average Bonchev–Trinajstić information content (AvgIpc) is 2.21. The quantitative estimate of drug-likeness (QED) is 0.551. The summed E-state index contributed by atoms with van der Waals surface area (Å²) in [5.41, 5.74) is -1.42. The number of anilines is 1. The van der Waals surface area contributed by atoms with Gasteiger partial charge in [-0.3, -0.25) is 9.78 Å². The van der Waals surface area contributed by atoms with Crippen LogP contribution in [0.3, 0.4) is 0 Å². The molecule has 10 heteroatoms. The lowest BCUT2D eigenvalue weighted by Gasteiger charge is -2.11. The van der Waals surface area contributed by atoms with Gasteiger partial charge in [-0.1, -0.05) is 0 Å². The van der Waals surface area contributed by atoms with E-state index >= 15 is 0 Å². The molecule has 0 aliphatic rings. The van der Waals surface area contributed by atoms with E-state index in [1.165, 1.54) is 14.1 Å². The minimum absolute atomic E-state index is 0.0165. The molecule has 0 amide bonds. The van der Waals surface area contributed by atoms with Crippen molar-refractivity contribution < 1.29 is 8.42 Å². The van der Waals surface area contributed by atoms with Gasteiger partial charge in [0.05, 0.1) is 5.75 Å². The smallest absolute Gasteiger partial charge is 0.342 e. The zero-order valence-corrected chi connectivity index (χ0v) is 10.2. The van der Waals surface area contributed by atoms with Crippen LogP contribution in [0.1, 0.15) is 0 Å². The zero-order chi connectivity index (χ0) is 13.1. The number of aromatic nitrogens is 3. The second-order valence-corrected chi connectivity index (χ2v) is 5.68. The molecule has 0 bridgehead atoms. The molecular formula is C7H13N5O4S. The third-order valence-corrected chi connectivity index (χ3v) is 3.75. The minimum Gasteiger partial charge on any atom is -0.363 e. The molecule has 0 unspecified atom stereocenters. The molecule has 1 heterocycles. The zero-order valence-electron chi connectivity index (χ0n) is 9.35. The molecule has 0 aromatic carbocycles. The molecule has 3 N–H and O–H groups in total. The maximum absolute atomic E-state index is 11.4. The van der Waals surface area contributed by atoms with Crippen molar-refractivity contribution in [2.24, 2.45) is 0 Å². The van der Waals surface area contributed by atoms with E-state index in [9.17, 15) is 18.0 Å². The normalized spacial score (nSPS) is 11.7. The third kappa shape index (κ3) is 3.67. The number of rotatable bonds is 5. The highest BCUT2D eigenvalue weighted by atomic mass is 32.2. The second kappa shape index (κ2) is 5.10. The van der Waals surface area contributed by atoms with Gasteiger partial charge in [-0.25, -0.2) is 22.6 Å². The lowest BCUT2D eigenvalue weighted by molar-refractivity contribution is 0.521. The molecule has 9 nitrogen and oxygen atoms in total. The van der Waals surface area contributed by atoms with Crippen molar-refractivity contribution in [1.29, 1.82) is 0 Å². The molecule has 1 aromatic rings. The molecule has 17 heavy (non-hydrogen) atoms. The van der Waals surface area contributed by atoms with Gasteiger partial charge in [0.1, 0.15) is 0 Å². The van der Waals surface area contributed by atoms with Crippen LogP contribution >= 0.6 is 0 Å². The topological polar surface area (TPSA) is 128 Å². The molecule has 1 aromatic heterocycles. The van der Waals surface area contributed by atoms with E-state index < -0.39 is 21.3 Å². The van der Waals surface area contributed by atoms with E-state index in [-0.39, 0.29) is 18.1 Å². The van der Waals surface area contributed by atoms with Crippen LogP contribution in [0.4, 0.5) is 5.82 Å². The third-order valence-electron chi connectivity index (χ3n) is 1.92. The second-order valence-electron chi connectivity index (χ2n) is 3.38. The number of hydrogen-bond acceptors (Lipinski definition) is 6. The molecule has 0 radical (unpaired) electrons. The van der Waals surface area contributed by atoms with Gasteiger partial charge >= 0.3 is 5.69 Å². The Morgan fingerprint density at radius 3 is 2.53 bits per heavy atom. The van der Waals surface area contributed by atoms with Gasteiger partial charge in [0.15, 0.2) is 0 Å². The number of sulfonamides is 1. The highest BCUT2D eigenvalue weighted by Gasteiger charge is 2.13. The average molecular weight is 263 g/mol. The Hall–Kier alpha value is -1.68. The van der Waals surface area contributed by atoms with Crippen LogP contribution in [0.15, 0.2) is 9.59 Å². The summed E-state index contributed by atoms with van der Waals surface area (Å²) in [6.07, 6.45) is 0. The van der Waals surface area contributed by atoms with Crippen LogP contribution in [-0.2, 0) is 10.0 Å². The molecule has 0 saturated heterocycles. The van der Waals surface area contributed by atoms with Crippen LogP contribution in [-0.4, -0.2) is 54.3 Å². The van der Waals surface area contributed by atoms with E-state index in [0.717, 1.165) is 4.31 Å². The van der Waals surface area contributed by atoms with Crippen molar-refractivity contribution >= 4 is 15.8 Å². The lowest BCUT2D eigenvalue weighted by Crippen LogP contribution is -2.31. The van der Waals surface area contributed by atoms with E-state index in [4.69, 9.17) is 0 Å². The largest absolute Gasteiger partial charge is 0.363 e. The van der Waals surface area contributed by atoms with Gasteiger partial charge in [-0.15, -0.1) is 5.10 Å². The summed E-state index contributed by atoms with van der Waals surface area (Å²) < 4.78 is 23.8. The van der Waals surface area contributed by atoms with Crippen LogP contribution in [0.2, 0.25) is 0 Å². The Balaban J connectivity index is 2.64. The monoisotopic (exact) mass is 263 g/mol. The van der Waals surface area contributed by atoms with Crippen LogP contribution in [0, 0.1) is 0 Å². The van der Waals surface area contributed by atoms with Crippen molar-refractivity contribution in [3.63, 3.8) is 0 Å². The number of aromatic amines is 2. The Morgan fingerprint density at radius 2 is 2.00 bits per heavy atom. The van der Waals surface area contributed by atoms with Crippen LogP contribution in [0.25, 0.3) is 0 Å². The number of H-pyrrole nitrogens is 2.